The molecule has 0 unspecified atom stereocenters. The van der Waals surface area contributed by atoms with Crippen LogP contribution < -0.4 is 0 Å². The summed E-state index contributed by atoms with van der Waals surface area (Å²) in [5.74, 6) is 4.21. The molecule has 0 aliphatic heterocycles. The second kappa shape index (κ2) is 5.40. The number of nitriles is 1. The molecule has 1 rings (SSSR count). The molecule has 0 saturated carbocycles. The summed E-state index contributed by atoms with van der Waals surface area (Å²) in [6.07, 6.45) is 0. The Hall–Kier alpha value is -2.26. The van der Waals surface area contributed by atoms with Crippen LogP contribution in [0.2, 0.25) is 0 Å². The number of carbonyl (C=O) groups excluding carboxylic acids is 1. The van der Waals surface area contributed by atoms with Gasteiger partial charge in [-0.1, -0.05) is 24.1 Å². The van der Waals surface area contributed by atoms with Gasteiger partial charge in [0.2, 0.25) is 0 Å². The van der Waals surface area contributed by atoms with Gasteiger partial charge in [-0.05, 0) is 12.1 Å². The van der Waals surface area contributed by atoms with Gasteiger partial charge in [0, 0.05) is 11.5 Å². The minimum atomic E-state index is -0.685. The van der Waals surface area contributed by atoms with Crippen LogP contribution in [0.1, 0.15) is 5.56 Å². The standard InChI is InChI=1S/C11H7NO2/c12-8-9-14-11(13)7-6-10-4-2-1-3-5-10/h1-5H,9H2. The molecule has 0 radical (unpaired) electrons. The summed E-state index contributed by atoms with van der Waals surface area (Å²) in [6.45, 7) is -0.262. The van der Waals surface area contributed by atoms with E-state index in [4.69, 9.17) is 5.26 Å². The summed E-state index contributed by atoms with van der Waals surface area (Å²) in [5, 5.41) is 8.12. The number of ether oxygens (including phenoxy) is 1. The third-order valence-corrected chi connectivity index (χ3v) is 1.35. The molecule has 1 aromatic rings. The van der Waals surface area contributed by atoms with Crippen molar-refractivity contribution >= 4 is 5.97 Å². The molecule has 3 heteroatoms. The van der Waals surface area contributed by atoms with Crippen molar-refractivity contribution in [2.24, 2.45) is 0 Å². The van der Waals surface area contributed by atoms with Gasteiger partial charge in [0.25, 0.3) is 0 Å². The predicted molar refractivity (Wildman–Crippen MR) is 49.9 cm³/mol. The van der Waals surface area contributed by atoms with Crippen LogP contribution >= 0.6 is 0 Å². The van der Waals surface area contributed by atoms with Crippen LogP contribution in [0.15, 0.2) is 30.3 Å². The Kier molecular flexibility index (Phi) is 3.79. The molecular weight excluding hydrogens is 178 g/mol. The summed E-state index contributed by atoms with van der Waals surface area (Å²) in [5.41, 5.74) is 0.737. The molecule has 0 N–H and O–H groups in total. The number of benzene rings is 1. The van der Waals surface area contributed by atoms with Crippen LogP contribution in [0.4, 0.5) is 0 Å². The number of esters is 1. The lowest BCUT2D eigenvalue weighted by molar-refractivity contribution is -0.135. The summed E-state index contributed by atoms with van der Waals surface area (Å²) >= 11 is 0. The molecule has 0 amide bonds. The van der Waals surface area contributed by atoms with Crippen LogP contribution in [0.3, 0.4) is 0 Å². The summed E-state index contributed by atoms with van der Waals surface area (Å²) < 4.78 is 4.44. The molecule has 0 aromatic heterocycles. The van der Waals surface area contributed by atoms with Crippen LogP contribution in [0.5, 0.6) is 0 Å². The van der Waals surface area contributed by atoms with Crippen LogP contribution in [0, 0.1) is 23.2 Å². The fourth-order valence-electron chi connectivity index (χ4n) is 0.779. The van der Waals surface area contributed by atoms with Gasteiger partial charge in [0.15, 0.2) is 6.61 Å². The van der Waals surface area contributed by atoms with Gasteiger partial charge < -0.3 is 4.74 Å². The smallest absolute Gasteiger partial charge is 0.385 e. The first-order valence-electron chi connectivity index (χ1n) is 3.93. The highest BCUT2D eigenvalue weighted by Crippen LogP contribution is 1.94. The predicted octanol–water partition coefficient (Wildman–Crippen LogP) is 1.10. The first-order chi connectivity index (χ1) is 6.83. The minimum Gasteiger partial charge on any atom is -0.441 e. The Labute approximate surface area is 81.9 Å². The highest BCUT2D eigenvalue weighted by atomic mass is 16.5. The SMILES string of the molecule is N#CCOC(=O)C#Cc1ccccc1. The molecule has 0 fully saturated rings. The van der Waals surface area contributed by atoms with Gasteiger partial charge in [-0.2, -0.15) is 5.26 Å². The Balaban J connectivity index is 2.57. The number of carbonyl (C=O) groups is 1. The van der Waals surface area contributed by atoms with Crippen LogP contribution in [-0.4, -0.2) is 12.6 Å². The van der Waals surface area contributed by atoms with E-state index in [-0.39, 0.29) is 6.61 Å². The van der Waals surface area contributed by atoms with E-state index in [0.717, 1.165) is 5.56 Å². The van der Waals surface area contributed by atoms with Crippen LogP contribution in [0.25, 0.3) is 0 Å². The van der Waals surface area contributed by atoms with Crippen molar-refractivity contribution < 1.29 is 9.53 Å². The quantitative estimate of drug-likeness (QED) is 0.486. The van der Waals surface area contributed by atoms with Gasteiger partial charge in [0.05, 0.1) is 0 Å². The zero-order valence-corrected chi connectivity index (χ0v) is 7.36. The van der Waals surface area contributed by atoms with E-state index in [0.29, 0.717) is 0 Å². The average molecular weight is 185 g/mol. The minimum absolute atomic E-state index is 0.262. The van der Waals surface area contributed by atoms with Crippen molar-refractivity contribution in [3.05, 3.63) is 35.9 Å². The summed E-state index contributed by atoms with van der Waals surface area (Å²) in [6, 6.07) is 10.8. The van der Waals surface area contributed by atoms with Gasteiger partial charge in [-0.15, -0.1) is 0 Å². The molecule has 14 heavy (non-hydrogen) atoms. The van der Waals surface area contributed by atoms with Crippen molar-refractivity contribution in [1.82, 2.24) is 0 Å². The van der Waals surface area contributed by atoms with Gasteiger partial charge in [-0.3, -0.25) is 0 Å². The molecule has 0 bridgehead atoms. The number of hydrogen-bond acceptors (Lipinski definition) is 3. The molecule has 0 heterocycles. The third kappa shape index (κ3) is 3.42. The van der Waals surface area contributed by atoms with Crippen molar-refractivity contribution in [3.8, 4) is 17.9 Å². The zero-order valence-electron chi connectivity index (χ0n) is 7.36. The van der Waals surface area contributed by atoms with Gasteiger partial charge in [-0.25, -0.2) is 4.79 Å². The lowest BCUT2D eigenvalue weighted by Gasteiger charge is -1.89. The fraction of sp³-hybridized carbons (Fsp3) is 0.0909. The van der Waals surface area contributed by atoms with Crippen molar-refractivity contribution in [2.45, 2.75) is 0 Å². The van der Waals surface area contributed by atoms with Crippen molar-refractivity contribution in [1.29, 1.82) is 5.26 Å². The number of rotatable bonds is 1. The maximum atomic E-state index is 10.8. The largest absolute Gasteiger partial charge is 0.441 e. The fourth-order valence-corrected chi connectivity index (χ4v) is 0.779. The lowest BCUT2D eigenvalue weighted by Crippen LogP contribution is -2.00. The molecular formula is C11H7NO2. The highest BCUT2D eigenvalue weighted by Gasteiger charge is 1.93. The average Bonchev–Trinajstić information content (AvgIpc) is 2.25. The lowest BCUT2D eigenvalue weighted by atomic mass is 10.2. The zero-order chi connectivity index (χ0) is 10.2. The number of hydrogen-bond donors (Lipinski definition) is 0. The van der Waals surface area contributed by atoms with Gasteiger partial charge in [0.1, 0.15) is 6.07 Å². The Morgan fingerprint density at radius 1 is 1.36 bits per heavy atom. The molecule has 0 saturated heterocycles. The van der Waals surface area contributed by atoms with E-state index in [1.165, 1.54) is 0 Å². The van der Waals surface area contributed by atoms with Crippen molar-refractivity contribution in [3.63, 3.8) is 0 Å². The van der Waals surface area contributed by atoms with E-state index < -0.39 is 5.97 Å². The van der Waals surface area contributed by atoms with E-state index in [9.17, 15) is 4.79 Å². The summed E-state index contributed by atoms with van der Waals surface area (Å²) in [4.78, 5) is 10.8. The van der Waals surface area contributed by atoms with E-state index >= 15 is 0 Å². The maximum Gasteiger partial charge on any atom is 0.385 e. The Morgan fingerprint density at radius 3 is 2.71 bits per heavy atom. The first kappa shape index (κ1) is 9.83. The van der Waals surface area contributed by atoms with Crippen LogP contribution in [-0.2, 0) is 9.53 Å². The maximum absolute atomic E-state index is 10.8. The Morgan fingerprint density at radius 2 is 2.07 bits per heavy atom. The van der Waals surface area contributed by atoms with Gasteiger partial charge >= 0.3 is 5.97 Å². The normalized spacial score (nSPS) is 7.93. The topological polar surface area (TPSA) is 50.1 Å². The number of nitrogens with zero attached hydrogens (tertiary/aromatic N) is 1. The second-order valence-electron chi connectivity index (χ2n) is 2.35. The van der Waals surface area contributed by atoms with E-state index in [1.807, 2.05) is 18.2 Å². The molecule has 0 spiro atoms. The second-order valence-corrected chi connectivity index (χ2v) is 2.35. The molecule has 68 valence electrons. The third-order valence-electron chi connectivity index (χ3n) is 1.35. The van der Waals surface area contributed by atoms with E-state index in [1.54, 1.807) is 18.2 Å². The summed E-state index contributed by atoms with van der Waals surface area (Å²) in [7, 11) is 0. The van der Waals surface area contributed by atoms with Crippen molar-refractivity contribution in [2.75, 3.05) is 6.61 Å². The molecule has 3 nitrogen and oxygen atoms in total. The molecule has 0 atom stereocenters. The van der Waals surface area contributed by atoms with E-state index in [2.05, 4.69) is 16.6 Å². The molecule has 0 aliphatic carbocycles. The first-order valence-corrected chi connectivity index (χ1v) is 3.93. The molecule has 1 aromatic carbocycles. The molecule has 0 aliphatic rings. The Bertz CT molecular complexity index is 406. The highest BCUT2D eigenvalue weighted by molar-refractivity contribution is 5.89. The monoisotopic (exact) mass is 185 g/mol.